The van der Waals surface area contributed by atoms with E-state index in [1.807, 2.05) is 45.0 Å². The second-order valence-corrected chi connectivity index (χ2v) is 9.32. The maximum atomic E-state index is 12.8. The fraction of sp³-hybridized carbons (Fsp3) is 0.500. The molecule has 0 unspecified atom stereocenters. The van der Waals surface area contributed by atoms with E-state index >= 15 is 0 Å². The number of anilines is 1. The van der Waals surface area contributed by atoms with Crippen LogP contribution in [0.1, 0.15) is 43.9 Å². The third-order valence-electron chi connectivity index (χ3n) is 6.75. The Kier molecular flexibility index (Phi) is 7.67. The van der Waals surface area contributed by atoms with E-state index in [2.05, 4.69) is 40.3 Å². The SMILES string of the molecule is CCN(C)C(C)(C)C(=O)N(C)CCCc1ccc2c(c1)C[C@H](C(=O)Nc1ccccn1)C2. The van der Waals surface area contributed by atoms with E-state index in [1.54, 1.807) is 12.3 Å². The van der Waals surface area contributed by atoms with E-state index in [9.17, 15) is 9.59 Å². The van der Waals surface area contributed by atoms with Gasteiger partial charge in [-0.3, -0.25) is 14.5 Å². The van der Waals surface area contributed by atoms with Crippen LogP contribution in [0.5, 0.6) is 0 Å². The fourth-order valence-corrected chi connectivity index (χ4v) is 4.32. The number of pyridine rings is 1. The minimum absolute atomic E-state index is 0.0289. The topological polar surface area (TPSA) is 65.5 Å². The average Bonchev–Trinajstić information content (AvgIpc) is 3.22. The number of nitrogens with zero attached hydrogens (tertiary/aromatic N) is 3. The lowest BCUT2D eigenvalue weighted by molar-refractivity contribution is -0.140. The number of nitrogens with one attached hydrogen (secondary N) is 1. The Morgan fingerprint density at radius 3 is 2.56 bits per heavy atom. The lowest BCUT2D eigenvalue weighted by Gasteiger charge is -2.36. The second-order valence-electron chi connectivity index (χ2n) is 9.32. The molecule has 3 rings (SSSR count). The Hall–Kier alpha value is -2.73. The molecule has 1 aromatic carbocycles. The van der Waals surface area contributed by atoms with Crippen molar-refractivity contribution in [1.82, 2.24) is 14.8 Å². The van der Waals surface area contributed by atoms with Gasteiger partial charge in [0.15, 0.2) is 0 Å². The smallest absolute Gasteiger partial charge is 0.242 e. The molecule has 0 radical (unpaired) electrons. The van der Waals surface area contributed by atoms with Crippen molar-refractivity contribution in [3.05, 3.63) is 59.3 Å². The minimum Gasteiger partial charge on any atom is -0.344 e. The summed E-state index contributed by atoms with van der Waals surface area (Å²) in [6.07, 6.45) is 5.04. The van der Waals surface area contributed by atoms with Crippen LogP contribution in [0.15, 0.2) is 42.6 Å². The third-order valence-corrected chi connectivity index (χ3v) is 6.75. The number of aromatic nitrogens is 1. The normalized spacial score (nSPS) is 15.5. The highest BCUT2D eigenvalue weighted by Gasteiger charge is 2.33. The van der Waals surface area contributed by atoms with Gasteiger partial charge in [0, 0.05) is 25.7 Å². The van der Waals surface area contributed by atoms with Gasteiger partial charge >= 0.3 is 0 Å². The summed E-state index contributed by atoms with van der Waals surface area (Å²) in [7, 11) is 3.88. The van der Waals surface area contributed by atoms with Crippen molar-refractivity contribution in [2.24, 2.45) is 5.92 Å². The maximum absolute atomic E-state index is 12.8. The monoisotopic (exact) mass is 436 g/mol. The Morgan fingerprint density at radius 2 is 1.88 bits per heavy atom. The molecule has 1 atom stereocenters. The van der Waals surface area contributed by atoms with Crippen molar-refractivity contribution in [1.29, 1.82) is 0 Å². The molecule has 1 heterocycles. The molecule has 0 saturated carbocycles. The summed E-state index contributed by atoms with van der Waals surface area (Å²) >= 11 is 0. The molecule has 32 heavy (non-hydrogen) atoms. The van der Waals surface area contributed by atoms with Gasteiger partial charge in [0.1, 0.15) is 5.82 Å². The van der Waals surface area contributed by atoms with Crippen LogP contribution in [-0.4, -0.2) is 59.3 Å². The van der Waals surface area contributed by atoms with Crippen LogP contribution in [0.3, 0.4) is 0 Å². The van der Waals surface area contributed by atoms with Gasteiger partial charge < -0.3 is 10.2 Å². The Labute approximate surface area is 192 Å². The summed E-state index contributed by atoms with van der Waals surface area (Å²) < 4.78 is 0. The first-order chi connectivity index (χ1) is 15.2. The summed E-state index contributed by atoms with van der Waals surface area (Å²) in [6.45, 7) is 7.59. The van der Waals surface area contributed by atoms with Gasteiger partial charge in [0.05, 0.1) is 5.54 Å². The van der Waals surface area contributed by atoms with E-state index in [0.29, 0.717) is 5.82 Å². The van der Waals surface area contributed by atoms with Crippen LogP contribution in [-0.2, 0) is 28.9 Å². The van der Waals surface area contributed by atoms with Crippen molar-refractivity contribution in [3.8, 4) is 0 Å². The third kappa shape index (κ3) is 5.54. The number of benzene rings is 1. The lowest BCUT2D eigenvalue weighted by Crippen LogP contribution is -2.53. The number of hydrogen-bond acceptors (Lipinski definition) is 4. The van der Waals surface area contributed by atoms with E-state index in [1.165, 1.54) is 16.7 Å². The van der Waals surface area contributed by atoms with Crippen molar-refractivity contribution >= 4 is 17.6 Å². The molecule has 0 saturated heterocycles. The quantitative estimate of drug-likeness (QED) is 0.653. The summed E-state index contributed by atoms with van der Waals surface area (Å²) in [5, 5.41) is 2.92. The zero-order valence-electron chi connectivity index (χ0n) is 20.0. The van der Waals surface area contributed by atoms with Crippen LogP contribution in [0.4, 0.5) is 5.82 Å². The molecule has 1 aromatic heterocycles. The molecule has 0 fully saturated rings. The second kappa shape index (κ2) is 10.3. The summed E-state index contributed by atoms with van der Waals surface area (Å²) in [4.78, 5) is 33.6. The highest BCUT2D eigenvalue weighted by Crippen LogP contribution is 2.29. The zero-order valence-corrected chi connectivity index (χ0v) is 20.0. The number of carbonyl (C=O) groups excluding carboxylic acids is 2. The fourth-order valence-electron chi connectivity index (χ4n) is 4.32. The molecule has 0 bridgehead atoms. The van der Waals surface area contributed by atoms with Crippen LogP contribution in [0.2, 0.25) is 0 Å². The molecule has 1 aliphatic carbocycles. The van der Waals surface area contributed by atoms with Crippen LogP contribution in [0, 0.1) is 5.92 Å². The molecule has 6 heteroatoms. The van der Waals surface area contributed by atoms with Crippen molar-refractivity contribution in [3.63, 3.8) is 0 Å². The molecule has 1 aliphatic rings. The number of carbonyl (C=O) groups is 2. The number of hydrogen-bond donors (Lipinski definition) is 1. The van der Waals surface area contributed by atoms with Gasteiger partial charge in [0.2, 0.25) is 11.8 Å². The maximum Gasteiger partial charge on any atom is 0.242 e. The van der Waals surface area contributed by atoms with Crippen molar-refractivity contribution in [2.45, 2.75) is 52.0 Å². The van der Waals surface area contributed by atoms with Gasteiger partial charge in [-0.1, -0.05) is 31.2 Å². The summed E-state index contributed by atoms with van der Waals surface area (Å²) in [6, 6.07) is 12.1. The summed E-state index contributed by atoms with van der Waals surface area (Å²) in [5.41, 5.74) is 3.28. The van der Waals surface area contributed by atoms with Gasteiger partial charge in [-0.2, -0.15) is 0 Å². The molecular formula is C26H36N4O2. The van der Waals surface area contributed by atoms with Gasteiger partial charge in [-0.25, -0.2) is 4.98 Å². The molecule has 0 aliphatic heterocycles. The molecule has 0 spiro atoms. The Bertz CT molecular complexity index is 942. The predicted octanol–water partition coefficient (Wildman–Crippen LogP) is 3.56. The van der Waals surface area contributed by atoms with Crippen LogP contribution in [0.25, 0.3) is 0 Å². The van der Waals surface area contributed by atoms with Gasteiger partial charge in [-0.05, 0) is 81.9 Å². The molecule has 2 amide bonds. The first kappa shape index (κ1) is 23.9. The number of likely N-dealkylation sites (N-methyl/N-ethyl adjacent to an activating group) is 2. The standard InChI is InChI=1S/C26H36N4O2/c1-6-30(5)26(2,3)25(32)29(4)15-9-10-19-12-13-20-17-22(18-21(20)16-19)24(31)28-23-11-7-8-14-27-23/h7-8,11-14,16,22H,6,9-10,15,17-18H2,1-5H3,(H,27,28,31)/t22-/m1/s1. The molecule has 1 N–H and O–H groups in total. The predicted molar refractivity (Wildman–Crippen MR) is 129 cm³/mol. The number of amides is 2. The molecule has 172 valence electrons. The number of aryl methyl sites for hydroxylation is 1. The number of rotatable bonds is 9. The minimum atomic E-state index is -0.498. The first-order valence-electron chi connectivity index (χ1n) is 11.5. The van der Waals surface area contributed by atoms with E-state index < -0.39 is 5.54 Å². The highest BCUT2D eigenvalue weighted by atomic mass is 16.2. The van der Waals surface area contributed by atoms with Gasteiger partial charge in [-0.15, -0.1) is 0 Å². The summed E-state index contributed by atoms with van der Waals surface area (Å²) in [5.74, 6) is 0.726. The highest BCUT2D eigenvalue weighted by molar-refractivity contribution is 5.92. The molecule has 2 aromatic rings. The lowest BCUT2D eigenvalue weighted by atomic mass is 10.0. The van der Waals surface area contributed by atoms with Crippen molar-refractivity contribution in [2.75, 3.05) is 32.5 Å². The van der Waals surface area contributed by atoms with E-state index in [0.717, 1.165) is 38.8 Å². The molecular weight excluding hydrogens is 400 g/mol. The van der Waals surface area contributed by atoms with E-state index in [4.69, 9.17) is 0 Å². The van der Waals surface area contributed by atoms with Crippen molar-refractivity contribution < 1.29 is 9.59 Å². The largest absolute Gasteiger partial charge is 0.344 e. The number of fused-ring (bicyclic) bond motifs is 1. The van der Waals surface area contributed by atoms with Crippen LogP contribution >= 0.6 is 0 Å². The first-order valence-corrected chi connectivity index (χ1v) is 11.5. The van der Waals surface area contributed by atoms with Gasteiger partial charge in [0.25, 0.3) is 0 Å². The van der Waals surface area contributed by atoms with Crippen LogP contribution < -0.4 is 5.32 Å². The Morgan fingerprint density at radius 1 is 1.12 bits per heavy atom. The zero-order chi connectivity index (χ0) is 23.3. The molecule has 6 nitrogen and oxygen atoms in total. The Balaban J connectivity index is 1.51. The average molecular weight is 437 g/mol. The van der Waals surface area contributed by atoms with E-state index in [-0.39, 0.29) is 17.7 Å².